The molecule has 0 N–H and O–H groups in total. The third kappa shape index (κ3) is 2.60. The molecule has 0 heterocycles. The second-order valence-corrected chi connectivity index (χ2v) is 2.19. The van der Waals surface area contributed by atoms with Crippen molar-refractivity contribution in [2.75, 3.05) is 5.88 Å². The molecule has 2 nitrogen and oxygen atoms in total. The first-order valence-electron chi connectivity index (χ1n) is 3.14. The highest BCUT2D eigenvalue weighted by Gasteiger charge is 1.99. The van der Waals surface area contributed by atoms with Crippen molar-refractivity contribution in [1.29, 1.82) is 0 Å². The smallest absolute Gasteiger partial charge is 0.326 e. The van der Waals surface area contributed by atoms with E-state index in [0.29, 0.717) is 5.75 Å². The highest BCUT2D eigenvalue weighted by atomic mass is 35.5. The van der Waals surface area contributed by atoms with Crippen molar-refractivity contribution < 1.29 is 9.53 Å². The topological polar surface area (TPSA) is 26.3 Å². The van der Waals surface area contributed by atoms with E-state index in [1.807, 2.05) is 6.07 Å². The summed E-state index contributed by atoms with van der Waals surface area (Å²) in [5.74, 6) is -0.0226. The van der Waals surface area contributed by atoms with Gasteiger partial charge in [-0.15, -0.1) is 11.6 Å². The number of hydrogen-bond acceptors (Lipinski definition) is 2. The SMILES string of the molecule is O=C(CCl)Oc1ccccc1. The van der Waals surface area contributed by atoms with Gasteiger partial charge in [-0.25, -0.2) is 0 Å². The average Bonchev–Trinajstić information content (AvgIpc) is 2.06. The van der Waals surface area contributed by atoms with Crippen LogP contribution in [0, 0.1) is 0 Å². The molecule has 1 rings (SSSR count). The fourth-order valence-corrected chi connectivity index (χ4v) is 0.702. The lowest BCUT2D eigenvalue weighted by Gasteiger charge is -1.99. The predicted octanol–water partition coefficient (Wildman–Crippen LogP) is 1.83. The fourth-order valence-electron chi connectivity index (χ4n) is 0.647. The number of carbonyl (C=O) groups is 1. The number of ether oxygens (including phenoxy) is 1. The zero-order chi connectivity index (χ0) is 8.10. The third-order valence-corrected chi connectivity index (χ3v) is 1.30. The molecule has 1 aromatic carbocycles. The summed E-state index contributed by atoms with van der Waals surface area (Å²) in [7, 11) is 0. The Morgan fingerprint density at radius 2 is 2.00 bits per heavy atom. The number of alkyl halides is 1. The van der Waals surface area contributed by atoms with Gasteiger partial charge in [0.2, 0.25) is 0 Å². The van der Waals surface area contributed by atoms with Gasteiger partial charge in [0.25, 0.3) is 0 Å². The molecule has 0 saturated heterocycles. The van der Waals surface area contributed by atoms with E-state index in [4.69, 9.17) is 16.3 Å². The van der Waals surface area contributed by atoms with Crippen LogP contribution in [0.3, 0.4) is 0 Å². The molecule has 0 saturated carbocycles. The molecule has 0 unspecified atom stereocenters. The van der Waals surface area contributed by atoms with Crippen molar-refractivity contribution in [2.24, 2.45) is 0 Å². The minimum Gasteiger partial charge on any atom is -0.426 e. The maximum absolute atomic E-state index is 10.6. The van der Waals surface area contributed by atoms with Crippen molar-refractivity contribution in [1.82, 2.24) is 0 Å². The molecule has 0 radical (unpaired) electrons. The molecule has 0 aliphatic carbocycles. The highest BCUT2D eigenvalue weighted by molar-refractivity contribution is 6.26. The van der Waals surface area contributed by atoms with Gasteiger partial charge in [-0.1, -0.05) is 18.2 Å². The van der Waals surface area contributed by atoms with Crippen LogP contribution in [0.15, 0.2) is 30.3 Å². The molecule has 0 atom stereocenters. The first-order valence-corrected chi connectivity index (χ1v) is 3.68. The Hall–Kier alpha value is -1.02. The number of para-hydroxylation sites is 1. The van der Waals surface area contributed by atoms with E-state index >= 15 is 0 Å². The van der Waals surface area contributed by atoms with Crippen LogP contribution >= 0.6 is 11.6 Å². The van der Waals surface area contributed by atoms with Crippen LogP contribution in [-0.2, 0) is 4.79 Å². The predicted molar refractivity (Wildman–Crippen MR) is 42.8 cm³/mol. The average molecular weight is 171 g/mol. The maximum atomic E-state index is 10.6. The standard InChI is InChI=1S/C8H7ClO2/c9-6-8(10)11-7-4-2-1-3-5-7/h1-5H,6H2. The molecule has 3 heteroatoms. The van der Waals surface area contributed by atoms with Crippen molar-refractivity contribution in [2.45, 2.75) is 0 Å². The number of halogens is 1. The van der Waals surface area contributed by atoms with Crippen LogP contribution in [0.4, 0.5) is 0 Å². The van der Waals surface area contributed by atoms with Crippen LogP contribution in [0.25, 0.3) is 0 Å². The lowest BCUT2D eigenvalue weighted by atomic mass is 10.3. The summed E-state index contributed by atoms with van der Waals surface area (Å²) in [5, 5.41) is 0. The summed E-state index contributed by atoms with van der Waals surface area (Å²) in [6.07, 6.45) is 0. The largest absolute Gasteiger partial charge is 0.426 e. The Bertz CT molecular complexity index is 233. The first kappa shape index (κ1) is 8.08. The van der Waals surface area contributed by atoms with Crippen molar-refractivity contribution in [3.05, 3.63) is 30.3 Å². The Balaban J connectivity index is 2.58. The lowest BCUT2D eigenvalue weighted by Crippen LogP contribution is -2.08. The molecule has 0 aliphatic rings. The summed E-state index contributed by atoms with van der Waals surface area (Å²) < 4.78 is 4.79. The van der Waals surface area contributed by atoms with Crippen LogP contribution in [0.5, 0.6) is 5.75 Å². The Morgan fingerprint density at radius 1 is 1.36 bits per heavy atom. The van der Waals surface area contributed by atoms with Gasteiger partial charge in [0.1, 0.15) is 11.6 Å². The van der Waals surface area contributed by atoms with E-state index in [1.54, 1.807) is 24.3 Å². The molecule has 0 spiro atoms. The highest BCUT2D eigenvalue weighted by Crippen LogP contribution is 2.08. The van der Waals surface area contributed by atoms with Crippen LogP contribution in [-0.4, -0.2) is 11.8 Å². The summed E-state index contributed by atoms with van der Waals surface area (Å²) in [6.45, 7) is 0. The van der Waals surface area contributed by atoms with Gasteiger partial charge in [0.15, 0.2) is 0 Å². The number of carbonyl (C=O) groups excluding carboxylic acids is 1. The van der Waals surface area contributed by atoms with Gasteiger partial charge in [-0.05, 0) is 12.1 Å². The molecule has 1 aromatic rings. The molecule has 0 aromatic heterocycles. The minimum absolute atomic E-state index is 0.116. The second kappa shape index (κ2) is 3.98. The normalized spacial score (nSPS) is 9.18. The van der Waals surface area contributed by atoms with E-state index in [-0.39, 0.29) is 5.88 Å². The zero-order valence-corrected chi connectivity index (χ0v) is 6.54. The second-order valence-electron chi connectivity index (χ2n) is 1.92. The Kier molecular flexibility index (Phi) is 2.93. The summed E-state index contributed by atoms with van der Waals surface area (Å²) in [4.78, 5) is 10.6. The van der Waals surface area contributed by atoms with Gasteiger partial charge in [-0.2, -0.15) is 0 Å². The van der Waals surface area contributed by atoms with Crippen molar-refractivity contribution in [3.63, 3.8) is 0 Å². The van der Waals surface area contributed by atoms with Crippen molar-refractivity contribution in [3.8, 4) is 5.75 Å². The van der Waals surface area contributed by atoms with Crippen molar-refractivity contribution >= 4 is 17.6 Å². The minimum atomic E-state index is -0.433. The van der Waals surface area contributed by atoms with Crippen LogP contribution < -0.4 is 4.74 Å². The first-order chi connectivity index (χ1) is 5.33. The quantitative estimate of drug-likeness (QED) is 0.385. The van der Waals surface area contributed by atoms with E-state index in [0.717, 1.165) is 0 Å². The van der Waals surface area contributed by atoms with Gasteiger partial charge in [0.05, 0.1) is 0 Å². The third-order valence-electron chi connectivity index (χ3n) is 1.08. The zero-order valence-electron chi connectivity index (χ0n) is 5.79. The lowest BCUT2D eigenvalue weighted by molar-refractivity contribution is -0.131. The Morgan fingerprint density at radius 3 is 2.55 bits per heavy atom. The maximum Gasteiger partial charge on any atom is 0.326 e. The Labute approximate surface area is 69.7 Å². The number of rotatable bonds is 2. The fraction of sp³-hybridized carbons (Fsp3) is 0.125. The van der Waals surface area contributed by atoms with Gasteiger partial charge in [0, 0.05) is 0 Å². The number of esters is 1. The molecule has 0 bridgehead atoms. The van der Waals surface area contributed by atoms with Crippen LogP contribution in [0.2, 0.25) is 0 Å². The molecular formula is C8H7ClO2. The molecule has 58 valence electrons. The molecule has 0 amide bonds. The number of hydrogen-bond donors (Lipinski definition) is 0. The summed E-state index contributed by atoms with van der Waals surface area (Å²) >= 11 is 5.23. The van der Waals surface area contributed by atoms with Crippen LogP contribution in [0.1, 0.15) is 0 Å². The monoisotopic (exact) mass is 170 g/mol. The van der Waals surface area contributed by atoms with E-state index in [2.05, 4.69) is 0 Å². The molecule has 11 heavy (non-hydrogen) atoms. The number of benzene rings is 1. The summed E-state index contributed by atoms with van der Waals surface area (Å²) in [6, 6.07) is 8.82. The van der Waals surface area contributed by atoms with Gasteiger partial charge >= 0.3 is 5.97 Å². The van der Waals surface area contributed by atoms with Gasteiger partial charge in [-0.3, -0.25) is 4.79 Å². The van der Waals surface area contributed by atoms with Gasteiger partial charge < -0.3 is 4.74 Å². The summed E-state index contributed by atoms with van der Waals surface area (Å²) in [5.41, 5.74) is 0. The van der Waals surface area contributed by atoms with E-state index in [1.165, 1.54) is 0 Å². The molecule has 0 aliphatic heterocycles. The molecular weight excluding hydrogens is 164 g/mol. The van der Waals surface area contributed by atoms with E-state index in [9.17, 15) is 4.79 Å². The van der Waals surface area contributed by atoms with E-state index < -0.39 is 5.97 Å². The molecule has 0 fully saturated rings.